The Bertz CT molecular complexity index is 809. The molecule has 0 aliphatic carbocycles. The van der Waals surface area contributed by atoms with E-state index in [4.69, 9.17) is 20.8 Å². The fraction of sp³-hybridized carbons (Fsp3) is 0.188. The first-order valence-electron chi connectivity index (χ1n) is 6.71. The van der Waals surface area contributed by atoms with E-state index in [9.17, 15) is 4.79 Å². The Morgan fingerprint density at radius 1 is 1.36 bits per heavy atom. The number of thiophene rings is 1. The molecule has 114 valence electrons. The van der Waals surface area contributed by atoms with E-state index in [0.717, 1.165) is 25.9 Å². The lowest BCUT2D eigenvalue weighted by Gasteiger charge is -2.03. The Kier molecular flexibility index (Phi) is 4.36. The molecule has 1 N–H and O–H groups in total. The van der Waals surface area contributed by atoms with Crippen molar-refractivity contribution in [2.45, 2.75) is 13.0 Å². The highest BCUT2D eigenvalue weighted by Crippen LogP contribution is 2.26. The molecule has 0 unspecified atom stereocenters. The van der Waals surface area contributed by atoms with Gasteiger partial charge in [0.2, 0.25) is 5.91 Å². The van der Waals surface area contributed by atoms with Gasteiger partial charge >= 0.3 is 0 Å². The molecule has 0 saturated heterocycles. The van der Waals surface area contributed by atoms with Crippen LogP contribution in [0.4, 0.5) is 0 Å². The third kappa shape index (κ3) is 3.26. The highest BCUT2D eigenvalue weighted by molar-refractivity contribution is 7.16. The molecule has 0 bridgehead atoms. The highest BCUT2D eigenvalue weighted by Gasteiger charge is 2.11. The van der Waals surface area contributed by atoms with Gasteiger partial charge in [0.05, 0.1) is 30.7 Å². The third-order valence-corrected chi connectivity index (χ3v) is 4.53. The van der Waals surface area contributed by atoms with Crippen LogP contribution in [0.25, 0.3) is 11.0 Å². The fourth-order valence-corrected chi connectivity index (χ4v) is 3.22. The lowest BCUT2D eigenvalue weighted by molar-refractivity contribution is -0.120. The largest absolute Gasteiger partial charge is 0.497 e. The Labute approximate surface area is 136 Å². The number of hydrogen-bond donors (Lipinski definition) is 1. The fourth-order valence-electron chi connectivity index (χ4n) is 2.20. The third-order valence-electron chi connectivity index (χ3n) is 3.30. The summed E-state index contributed by atoms with van der Waals surface area (Å²) in [5, 5.41) is 3.81. The molecule has 0 fully saturated rings. The minimum Gasteiger partial charge on any atom is -0.497 e. The molecule has 6 heteroatoms. The topological polar surface area (TPSA) is 51.5 Å². The van der Waals surface area contributed by atoms with Gasteiger partial charge in [0.1, 0.15) is 11.3 Å². The van der Waals surface area contributed by atoms with Crippen LogP contribution >= 0.6 is 22.9 Å². The normalized spacial score (nSPS) is 10.8. The van der Waals surface area contributed by atoms with Gasteiger partial charge in [-0.05, 0) is 24.3 Å². The second-order valence-electron chi connectivity index (χ2n) is 4.78. The number of ether oxygens (including phenoxy) is 1. The predicted molar refractivity (Wildman–Crippen MR) is 87.6 cm³/mol. The second-order valence-corrected chi connectivity index (χ2v) is 6.58. The van der Waals surface area contributed by atoms with Gasteiger partial charge in [-0.25, -0.2) is 0 Å². The molecule has 0 radical (unpaired) electrons. The van der Waals surface area contributed by atoms with Crippen molar-refractivity contribution in [3.05, 3.63) is 51.4 Å². The molecule has 1 aromatic carbocycles. The summed E-state index contributed by atoms with van der Waals surface area (Å²) in [5.41, 5.74) is 1.58. The number of benzene rings is 1. The van der Waals surface area contributed by atoms with Gasteiger partial charge in [-0.1, -0.05) is 11.6 Å². The van der Waals surface area contributed by atoms with E-state index >= 15 is 0 Å². The highest BCUT2D eigenvalue weighted by atomic mass is 35.5. The summed E-state index contributed by atoms with van der Waals surface area (Å²) in [6, 6.07) is 9.30. The maximum absolute atomic E-state index is 12.1. The van der Waals surface area contributed by atoms with Crippen LogP contribution in [0.5, 0.6) is 5.75 Å². The van der Waals surface area contributed by atoms with Gasteiger partial charge in [-0.2, -0.15) is 0 Å². The number of furan rings is 1. The SMILES string of the molecule is COc1ccc2c(CC(=O)NCc3ccc(Cl)s3)coc2c1. The number of carbonyl (C=O) groups is 1. The van der Waals surface area contributed by atoms with Crippen molar-refractivity contribution >= 4 is 39.8 Å². The smallest absolute Gasteiger partial charge is 0.224 e. The molecule has 22 heavy (non-hydrogen) atoms. The Morgan fingerprint density at radius 2 is 2.23 bits per heavy atom. The molecule has 0 atom stereocenters. The molecule has 0 aliphatic rings. The number of carbonyl (C=O) groups excluding carboxylic acids is 1. The number of rotatable bonds is 5. The van der Waals surface area contributed by atoms with Crippen molar-refractivity contribution in [1.82, 2.24) is 5.32 Å². The molecule has 2 heterocycles. The van der Waals surface area contributed by atoms with Crippen molar-refractivity contribution in [3.8, 4) is 5.75 Å². The molecule has 0 aliphatic heterocycles. The van der Waals surface area contributed by atoms with Crippen molar-refractivity contribution in [3.63, 3.8) is 0 Å². The van der Waals surface area contributed by atoms with Crippen LogP contribution in [0.2, 0.25) is 4.34 Å². The zero-order valence-electron chi connectivity index (χ0n) is 11.9. The van der Waals surface area contributed by atoms with Gasteiger partial charge < -0.3 is 14.5 Å². The van der Waals surface area contributed by atoms with Gasteiger partial charge in [-0.3, -0.25) is 4.79 Å². The number of methoxy groups -OCH3 is 1. The zero-order valence-corrected chi connectivity index (χ0v) is 13.5. The Morgan fingerprint density at radius 3 is 2.95 bits per heavy atom. The summed E-state index contributed by atoms with van der Waals surface area (Å²) in [5.74, 6) is 0.676. The van der Waals surface area contributed by atoms with Crippen LogP contribution in [-0.2, 0) is 17.8 Å². The van der Waals surface area contributed by atoms with E-state index in [-0.39, 0.29) is 12.3 Å². The first kappa shape index (κ1) is 14.9. The van der Waals surface area contributed by atoms with Crippen molar-refractivity contribution in [1.29, 1.82) is 0 Å². The summed E-state index contributed by atoms with van der Waals surface area (Å²) in [6.07, 6.45) is 1.89. The Balaban J connectivity index is 1.66. The van der Waals surface area contributed by atoms with Crippen molar-refractivity contribution in [2.24, 2.45) is 0 Å². The summed E-state index contributed by atoms with van der Waals surface area (Å²) in [6.45, 7) is 0.486. The average Bonchev–Trinajstić information content (AvgIpc) is 3.11. The number of halogens is 1. The summed E-state index contributed by atoms with van der Waals surface area (Å²) in [4.78, 5) is 13.1. The number of fused-ring (bicyclic) bond motifs is 1. The van der Waals surface area contributed by atoms with E-state index in [0.29, 0.717) is 12.1 Å². The van der Waals surface area contributed by atoms with Crippen LogP contribution in [-0.4, -0.2) is 13.0 Å². The van der Waals surface area contributed by atoms with Gasteiger partial charge in [0.25, 0.3) is 0 Å². The molecule has 0 saturated carbocycles. The monoisotopic (exact) mass is 335 g/mol. The molecular formula is C16H14ClNO3S. The molecule has 0 spiro atoms. The van der Waals surface area contributed by atoms with E-state index < -0.39 is 0 Å². The van der Waals surface area contributed by atoms with Gasteiger partial charge in [-0.15, -0.1) is 11.3 Å². The molecule has 3 rings (SSSR count). The molecule has 3 aromatic rings. The van der Waals surface area contributed by atoms with Crippen LogP contribution in [0.1, 0.15) is 10.4 Å². The summed E-state index contributed by atoms with van der Waals surface area (Å²) in [7, 11) is 1.61. The van der Waals surface area contributed by atoms with Crippen LogP contribution < -0.4 is 10.1 Å². The first-order valence-corrected chi connectivity index (χ1v) is 7.90. The standard InChI is InChI=1S/C16H14ClNO3S/c1-20-11-2-4-13-10(9-21-14(13)7-11)6-16(19)18-8-12-3-5-15(17)22-12/h2-5,7,9H,6,8H2,1H3,(H,18,19). The van der Waals surface area contributed by atoms with Crippen LogP contribution in [0.15, 0.2) is 41.0 Å². The van der Waals surface area contributed by atoms with Crippen LogP contribution in [0, 0.1) is 0 Å². The summed E-state index contributed by atoms with van der Waals surface area (Å²) < 4.78 is 11.4. The Hall–Kier alpha value is -1.98. The average molecular weight is 336 g/mol. The van der Waals surface area contributed by atoms with E-state index in [1.165, 1.54) is 11.3 Å². The lowest BCUT2D eigenvalue weighted by Crippen LogP contribution is -2.23. The minimum absolute atomic E-state index is 0.0527. The van der Waals surface area contributed by atoms with Crippen LogP contribution in [0.3, 0.4) is 0 Å². The molecule has 1 amide bonds. The first-order chi connectivity index (χ1) is 10.7. The molecular weight excluding hydrogens is 322 g/mol. The maximum atomic E-state index is 12.1. The number of amides is 1. The predicted octanol–water partition coefficient (Wildman–Crippen LogP) is 4.02. The summed E-state index contributed by atoms with van der Waals surface area (Å²) >= 11 is 7.33. The van der Waals surface area contributed by atoms with Crippen molar-refractivity contribution in [2.75, 3.05) is 7.11 Å². The minimum atomic E-state index is -0.0527. The lowest BCUT2D eigenvalue weighted by atomic mass is 10.1. The maximum Gasteiger partial charge on any atom is 0.224 e. The zero-order chi connectivity index (χ0) is 15.5. The van der Waals surface area contributed by atoms with Gasteiger partial charge in [0, 0.05) is 21.9 Å². The quantitative estimate of drug-likeness (QED) is 0.766. The van der Waals surface area contributed by atoms with Gasteiger partial charge in [0.15, 0.2) is 0 Å². The number of nitrogens with one attached hydrogen (secondary N) is 1. The molecule has 2 aromatic heterocycles. The molecule has 4 nitrogen and oxygen atoms in total. The number of hydrogen-bond acceptors (Lipinski definition) is 4. The van der Waals surface area contributed by atoms with E-state index in [1.54, 1.807) is 13.4 Å². The van der Waals surface area contributed by atoms with Crippen molar-refractivity contribution < 1.29 is 13.9 Å². The van der Waals surface area contributed by atoms with E-state index in [2.05, 4.69) is 5.32 Å². The van der Waals surface area contributed by atoms with E-state index in [1.807, 2.05) is 30.3 Å². The second kappa shape index (κ2) is 6.42.